The number of nitrogens with one attached hydrogen (secondary N) is 1. The molecule has 7 nitrogen and oxygen atoms in total. The van der Waals surface area contributed by atoms with Gasteiger partial charge in [0.1, 0.15) is 12.1 Å². The van der Waals surface area contributed by atoms with Crippen molar-refractivity contribution in [3.05, 3.63) is 59.7 Å². The van der Waals surface area contributed by atoms with Gasteiger partial charge in [-0.3, -0.25) is 4.79 Å². The van der Waals surface area contributed by atoms with Gasteiger partial charge in [-0.15, -0.1) is 0 Å². The van der Waals surface area contributed by atoms with Crippen LogP contribution in [0.1, 0.15) is 56.1 Å². The fourth-order valence-corrected chi connectivity index (χ4v) is 4.90. The van der Waals surface area contributed by atoms with Gasteiger partial charge in [-0.05, 0) is 47.9 Å². The lowest BCUT2D eigenvalue weighted by Crippen LogP contribution is -2.60. The molecule has 2 N–H and O–H groups in total. The Morgan fingerprint density at radius 2 is 1.67 bits per heavy atom. The van der Waals surface area contributed by atoms with Crippen molar-refractivity contribution in [3.63, 3.8) is 0 Å². The van der Waals surface area contributed by atoms with Crippen LogP contribution < -0.4 is 5.32 Å². The SMILES string of the molecule is CC[C@@H](CC(=O)N(C)C1(C(=O)O)CCC1)NC(=O)OCC1c2ccccc2-c2ccccc21. The average Bonchev–Trinajstić information content (AvgIpc) is 3.10. The number of fused-ring (bicyclic) bond motifs is 3. The van der Waals surface area contributed by atoms with Gasteiger partial charge in [0, 0.05) is 25.4 Å². The van der Waals surface area contributed by atoms with Gasteiger partial charge in [0.05, 0.1) is 0 Å². The number of carbonyl (C=O) groups excluding carboxylic acids is 2. The van der Waals surface area contributed by atoms with Crippen LogP contribution in [0.25, 0.3) is 11.1 Å². The molecule has 0 spiro atoms. The summed E-state index contributed by atoms with van der Waals surface area (Å²) in [4.78, 5) is 38.3. The van der Waals surface area contributed by atoms with E-state index in [1.807, 2.05) is 31.2 Å². The van der Waals surface area contributed by atoms with E-state index in [9.17, 15) is 19.5 Å². The minimum Gasteiger partial charge on any atom is -0.479 e. The van der Waals surface area contributed by atoms with Crippen molar-refractivity contribution in [1.82, 2.24) is 10.2 Å². The van der Waals surface area contributed by atoms with Crippen molar-refractivity contribution in [2.75, 3.05) is 13.7 Å². The molecule has 0 aliphatic heterocycles. The van der Waals surface area contributed by atoms with E-state index < -0.39 is 23.6 Å². The molecule has 0 bridgehead atoms. The fourth-order valence-electron chi connectivity index (χ4n) is 4.90. The van der Waals surface area contributed by atoms with E-state index in [0.717, 1.165) is 28.7 Å². The highest BCUT2D eigenvalue weighted by Crippen LogP contribution is 2.44. The van der Waals surface area contributed by atoms with Gasteiger partial charge in [0.25, 0.3) is 0 Å². The Morgan fingerprint density at radius 1 is 1.09 bits per heavy atom. The first-order valence-corrected chi connectivity index (χ1v) is 11.5. The summed E-state index contributed by atoms with van der Waals surface area (Å²) >= 11 is 0. The van der Waals surface area contributed by atoms with E-state index in [-0.39, 0.29) is 24.9 Å². The highest BCUT2D eigenvalue weighted by atomic mass is 16.5. The molecule has 0 radical (unpaired) electrons. The number of benzene rings is 2. The number of carboxylic acids is 1. The Hall–Kier alpha value is -3.35. The van der Waals surface area contributed by atoms with Gasteiger partial charge in [-0.2, -0.15) is 0 Å². The van der Waals surface area contributed by atoms with E-state index in [1.165, 1.54) is 11.9 Å². The van der Waals surface area contributed by atoms with Crippen molar-refractivity contribution in [1.29, 1.82) is 0 Å². The van der Waals surface area contributed by atoms with Crippen LogP contribution in [0.2, 0.25) is 0 Å². The molecule has 7 heteroatoms. The molecule has 2 aliphatic rings. The van der Waals surface area contributed by atoms with Crippen LogP contribution in [0.15, 0.2) is 48.5 Å². The Kier molecular flexibility index (Phi) is 6.40. The van der Waals surface area contributed by atoms with Crippen molar-refractivity contribution in [3.8, 4) is 11.1 Å². The number of carbonyl (C=O) groups is 3. The van der Waals surface area contributed by atoms with E-state index in [1.54, 1.807) is 0 Å². The first-order valence-electron chi connectivity index (χ1n) is 11.5. The Labute approximate surface area is 193 Å². The number of hydrogen-bond acceptors (Lipinski definition) is 4. The summed E-state index contributed by atoms with van der Waals surface area (Å²) < 4.78 is 5.58. The van der Waals surface area contributed by atoms with Crippen LogP contribution in [-0.2, 0) is 14.3 Å². The molecule has 2 aliphatic carbocycles. The molecule has 0 unspecified atom stereocenters. The fraction of sp³-hybridized carbons (Fsp3) is 0.423. The minimum atomic E-state index is -1.11. The number of alkyl carbamates (subject to hydrolysis) is 1. The van der Waals surface area contributed by atoms with E-state index >= 15 is 0 Å². The molecule has 0 heterocycles. The number of aliphatic carboxylic acids is 1. The molecular weight excluding hydrogens is 420 g/mol. The normalized spacial score (nSPS) is 16.7. The number of amides is 2. The number of ether oxygens (including phenoxy) is 1. The van der Waals surface area contributed by atoms with Crippen molar-refractivity contribution in [2.24, 2.45) is 0 Å². The maximum atomic E-state index is 12.7. The molecule has 2 aromatic carbocycles. The average molecular weight is 451 g/mol. The van der Waals surface area contributed by atoms with Crippen molar-refractivity contribution >= 4 is 18.0 Å². The van der Waals surface area contributed by atoms with Crippen LogP contribution in [0.4, 0.5) is 4.79 Å². The van der Waals surface area contributed by atoms with Crippen LogP contribution >= 0.6 is 0 Å². The van der Waals surface area contributed by atoms with Crippen molar-refractivity contribution in [2.45, 2.75) is 56.5 Å². The van der Waals surface area contributed by atoms with Gasteiger partial charge in [0.15, 0.2) is 0 Å². The second kappa shape index (κ2) is 9.25. The van der Waals surface area contributed by atoms with Crippen LogP contribution in [0.5, 0.6) is 0 Å². The second-order valence-electron chi connectivity index (χ2n) is 8.92. The summed E-state index contributed by atoms with van der Waals surface area (Å²) in [5.41, 5.74) is 3.47. The highest BCUT2D eigenvalue weighted by molar-refractivity contribution is 5.88. The van der Waals surface area contributed by atoms with Gasteiger partial charge in [-0.25, -0.2) is 9.59 Å². The first-order chi connectivity index (χ1) is 15.9. The zero-order chi connectivity index (χ0) is 23.6. The number of likely N-dealkylation sites (N-methyl/N-ethyl adjacent to an activating group) is 1. The van der Waals surface area contributed by atoms with Gasteiger partial charge in [-0.1, -0.05) is 55.5 Å². The minimum absolute atomic E-state index is 0.0340. The monoisotopic (exact) mass is 450 g/mol. The summed E-state index contributed by atoms with van der Waals surface area (Å²) in [7, 11) is 1.54. The molecule has 1 atom stereocenters. The van der Waals surface area contributed by atoms with Crippen LogP contribution in [0, 0.1) is 0 Å². The topological polar surface area (TPSA) is 95.9 Å². The lowest BCUT2D eigenvalue weighted by molar-refractivity contribution is -0.164. The molecular formula is C26H30N2O5. The Balaban J connectivity index is 1.35. The molecule has 1 saturated carbocycles. The zero-order valence-corrected chi connectivity index (χ0v) is 19.0. The molecule has 33 heavy (non-hydrogen) atoms. The lowest BCUT2D eigenvalue weighted by Gasteiger charge is -2.45. The van der Waals surface area contributed by atoms with Gasteiger partial charge >= 0.3 is 12.1 Å². The van der Waals surface area contributed by atoms with Crippen molar-refractivity contribution < 1.29 is 24.2 Å². The molecule has 4 rings (SSSR count). The Morgan fingerprint density at radius 3 is 2.15 bits per heavy atom. The zero-order valence-electron chi connectivity index (χ0n) is 19.0. The first kappa shape index (κ1) is 22.8. The lowest BCUT2D eigenvalue weighted by atomic mass is 9.75. The van der Waals surface area contributed by atoms with E-state index in [4.69, 9.17) is 4.74 Å². The number of carboxylic acid groups (broad SMARTS) is 1. The predicted molar refractivity (Wildman–Crippen MR) is 124 cm³/mol. The molecule has 2 amide bonds. The van der Waals surface area contributed by atoms with Crippen LogP contribution in [-0.4, -0.2) is 53.2 Å². The molecule has 2 aromatic rings. The Bertz CT molecular complexity index is 1020. The number of nitrogens with zero attached hydrogens (tertiary/aromatic N) is 1. The number of rotatable bonds is 8. The highest BCUT2D eigenvalue weighted by Gasteiger charge is 2.49. The third kappa shape index (κ3) is 4.19. The van der Waals surface area contributed by atoms with Gasteiger partial charge in [0.2, 0.25) is 5.91 Å². The maximum absolute atomic E-state index is 12.7. The van der Waals surface area contributed by atoms with E-state index in [0.29, 0.717) is 19.3 Å². The largest absolute Gasteiger partial charge is 0.479 e. The summed E-state index contributed by atoms with van der Waals surface area (Å²) in [6.07, 6.45) is 1.70. The molecule has 174 valence electrons. The second-order valence-corrected chi connectivity index (χ2v) is 8.92. The van der Waals surface area contributed by atoms with E-state index in [2.05, 4.69) is 29.6 Å². The standard InChI is InChI=1S/C26H30N2O5/c1-3-17(15-23(29)28(2)26(24(30)31)13-8-14-26)27-25(32)33-16-22-20-11-6-4-9-18(20)19-10-5-7-12-21(19)22/h4-7,9-12,17,22H,3,8,13-16H2,1-2H3,(H,27,32)(H,30,31)/t17-/m0/s1. The number of hydrogen-bond donors (Lipinski definition) is 2. The quantitative estimate of drug-likeness (QED) is 0.630. The summed E-state index contributed by atoms with van der Waals surface area (Å²) in [5, 5.41) is 12.4. The maximum Gasteiger partial charge on any atom is 0.407 e. The summed E-state index contributed by atoms with van der Waals surface area (Å²) in [6, 6.07) is 15.8. The third-order valence-electron chi connectivity index (χ3n) is 7.17. The predicted octanol–water partition coefficient (Wildman–Crippen LogP) is 4.16. The van der Waals surface area contributed by atoms with Gasteiger partial charge < -0.3 is 20.1 Å². The molecule has 0 saturated heterocycles. The summed E-state index contributed by atoms with van der Waals surface area (Å²) in [6.45, 7) is 2.07. The van der Waals surface area contributed by atoms with Crippen LogP contribution in [0.3, 0.4) is 0 Å². The molecule has 0 aromatic heterocycles. The smallest absolute Gasteiger partial charge is 0.407 e. The third-order valence-corrected chi connectivity index (χ3v) is 7.17. The summed E-state index contributed by atoms with van der Waals surface area (Å²) in [5.74, 6) is -1.30. The molecule has 1 fully saturated rings.